The second kappa shape index (κ2) is 10.4. The molecule has 0 bridgehead atoms. The van der Waals surface area contributed by atoms with Gasteiger partial charge < -0.3 is 10.2 Å². The minimum atomic E-state index is -3.86. The van der Waals surface area contributed by atoms with Gasteiger partial charge in [-0.15, -0.1) is 0 Å². The summed E-state index contributed by atoms with van der Waals surface area (Å²) in [7, 11) is -2.36. The van der Waals surface area contributed by atoms with E-state index < -0.39 is 22.0 Å². The molecule has 0 fully saturated rings. The SMILES string of the molecule is Cc1ccc(NC(=O)CN(C)C(=O)c2cccc(S(=O)(=O)N[C@@H](C)c3ccccc3)c2)cc1. The van der Waals surface area contributed by atoms with E-state index >= 15 is 0 Å². The number of sulfonamides is 1. The number of likely N-dealkylation sites (N-methyl/N-ethyl adjacent to an activating group) is 1. The number of carbonyl (C=O) groups excluding carboxylic acids is 2. The molecule has 0 saturated heterocycles. The van der Waals surface area contributed by atoms with Gasteiger partial charge in [0.2, 0.25) is 15.9 Å². The molecule has 0 heterocycles. The fraction of sp³-hybridized carbons (Fsp3) is 0.200. The van der Waals surface area contributed by atoms with Crippen molar-refractivity contribution in [2.45, 2.75) is 24.8 Å². The van der Waals surface area contributed by atoms with E-state index in [1.165, 1.54) is 36.2 Å². The lowest BCUT2D eigenvalue weighted by Gasteiger charge is -2.18. The van der Waals surface area contributed by atoms with Crippen LogP contribution in [0, 0.1) is 6.92 Å². The lowest BCUT2D eigenvalue weighted by atomic mass is 10.1. The van der Waals surface area contributed by atoms with Gasteiger partial charge >= 0.3 is 0 Å². The van der Waals surface area contributed by atoms with Crippen molar-refractivity contribution in [2.24, 2.45) is 0 Å². The molecule has 0 spiro atoms. The average molecular weight is 466 g/mol. The summed E-state index contributed by atoms with van der Waals surface area (Å²) in [6.07, 6.45) is 0. The normalized spacial score (nSPS) is 12.1. The zero-order valence-corrected chi connectivity index (χ0v) is 19.6. The van der Waals surface area contributed by atoms with Crippen LogP contribution in [0.3, 0.4) is 0 Å². The molecule has 0 aliphatic carbocycles. The van der Waals surface area contributed by atoms with Gasteiger partial charge in [0.05, 0.1) is 11.4 Å². The number of carbonyl (C=O) groups is 2. The molecule has 7 nitrogen and oxygen atoms in total. The van der Waals surface area contributed by atoms with Crippen molar-refractivity contribution in [2.75, 3.05) is 18.9 Å². The predicted molar refractivity (Wildman–Crippen MR) is 128 cm³/mol. The molecule has 2 N–H and O–H groups in total. The van der Waals surface area contributed by atoms with E-state index in [-0.39, 0.29) is 22.9 Å². The highest BCUT2D eigenvalue weighted by Crippen LogP contribution is 2.18. The Morgan fingerprint density at radius 1 is 0.939 bits per heavy atom. The molecule has 3 aromatic carbocycles. The Balaban J connectivity index is 1.67. The molecule has 1 atom stereocenters. The number of nitrogens with one attached hydrogen (secondary N) is 2. The summed E-state index contributed by atoms with van der Waals surface area (Å²) in [6, 6.07) is 21.9. The first-order chi connectivity index (χ1) is 15.7. The van der Waals surface area contributed by atoms with Crippen LogP contribution in [0.1, 0.15) is 34.5 Å². The van der Waals surface area contributed by atoms with Crippen LogP contribution in [-0.4, -0.2) is 38.7 Å². The van der Waals surface area contributed by atoms with E-state index in [1.54, 1.807) is 19.1 Å². The van der Waals surface area contributed by atoms with E-state index in [2.05, 4.69) is 10.0 Å². The van der Waals surface area contributed by atoms with Crippen molar-refractivity contribution >= 4 is 27.5 Å². The molecular weight excluding hydrogens is 438 g/mol. The molecule has 0 unspecified atom stereocenters. The van der Waals surface area contributed by atoms with Crippen LogP contribution in [0.2, 0.25) is 0 Å². The molecule has 172 valence electrons. The Hall–Kier alpha value is -3.49. The first kappa shape index (κ1) is 24.2. The Morgan fingerprint density at radius 3 is 2.27 bits per heavy atom. The highest BCUT2D eigenvalue weighted by Gasteiger charge is 2.21. The topological polar surface area (TPSA) is 95.6 Å². The minimum Gasteiger partial charge on any atom is -0.332 e. The van der Waals surface area contributed by atoms with Crippen molar-refractivity contribution < 1.29 is 18.0 Å². The Labute approximate surface area is 194 Å². The number of aryl methyl sites for hydroxylation is 1. The summed E-state index contributed by atoms with van der Waals surface area (Å²) in [5.41, 5.74) is 2.71. The third kappa shape index (κ3) is 6.50. The van der Waals surface area contributed by atoms with Gasteiger partial charge in [-0.1, -0.05) is 54.1 Å². The number of hydrogen-bond donors (Lipinski definition) is 2. The molecule has 3 aromatic rings. The molecule has 0 aromatic heterocycles. The molecule has 33 heavy (non-hydrogen) atoms. The number of amides is 2. The quantitative estimate of drug-likeness (QED) is 0.530. The van der Waals surface area contributed by atoms with Gasteiger partial charge in [-0.05, 0) is 49.7 Å². The van der Waals surface area contributed by atoms with Crippen molar-refractivity contribution in [3.8, 4) is 0 Å². The summed E-state index contributed by atoms with van der Waals surface area (Å²) < 4.78 is 28.4. The van der Waals surface area contributed by atoms with Gasteiger partial charge in [0, 0.05) is 24.3 Å². The minimum absolute atomic E-state index is 0.0198. The number of anilines is 1. The van der Waals surface area contributed by atoms with E-state index in [4.69, 9.17) is 0 Å². The average Bonchev–Trinajstić information content (AvgIpc) is 2.80. The first-order valence-electron chi connectivity index (χ1n) is 10.4. The van der Waals surface area contributed by atoms with Gasteiger partial charge in [0.25, 0.3) is 5.91 Å². The fourth-order valence-corrected chi connectivity index (χ4v) is 4.53. The fourth-order valence-electron chi connectivity index (χ4n) is 3.25. The van der Waals surface area contributed by atoms with Crippen LogP contribution in [-0.2, 0) is 14.8 Å². The largest absolute Gasteiger partial charge is 0.332 e. The second-order valence-corrected chi connectivity index (χ2v) is 9.57. The lowest BCUT2D eigenvalue weighted by Crippen LogP contribution is -2.35. The first-order valence-corrected chi connectivity index (χ1v) is 11.9. The Kier molecular flexibility index (Phi) is 7.63. The molecule has 0 aliphatic rings. The van der Waals surface area contributed by atoms with Crippen molar-refractivity contribution in [3.63, 3.8) is 0 Å². The van der Waals surface area contributed by atoms with Crippen LogP contribution in [0.15, 0.2) is 83.8 Å². The zero-order valence-electron chi connectivity index (χ0n) is 18.8. The molecule has 0 aliphatic heterocycles. The van der Waals surface area contributed by atoms with Crippen LogP contribution >= 0.6 is 0 Å². The van der Waals surface area contributed by atoms with Crippen LogP contribution < -0.4 is 10.0 Å². The van der Waals surface area contributed by atoms with E-state index in [9.17, 15) is 18.0 Å². The maximum absolute atomic E-state index is 12.9. The summed E-state index contributed by atoms with van der Waals surface area (Å²) in [4.78, 5) is 26.4. The molecule has 8 heteroatoms. The van der Waals surface area contributed by atoms with Gasteiger partial charge in [-0.2, -0.15) is 0 Å². The highest BCUT2D eigenvalue weighted by molar-refractivity contribution is 7.89. The maximum Gasteiger partial charge on any atom is 0.254 e. The van der Waals surface area contributed by atoms with Crippen molar-refractivity contribution in [1.29, 1.82) is 0 Å². The number of benzene rings is 3. The predicted octanol–water partition coefficient (Wildman–Crippen LogP) is 3.75. The van der Waals surface area contributed by atoms with Crippen LogP contribution in [0.25, 0.3) is 0 Å². The van der Waals surface area contributed by atoms with Crippen LogP contribution in [0.4, 0.5) is 5.69 Å². The molecule has 3 rings (SSSR count). The van der Waals surface area contributed by atoms with E-state index in [0.29, 0.717) is 5.69 Å². The molecule has 0 radical (unpaired) electrons. The second-order valence-electron chi connectivity index (χ2n) is 7.86. The molecule has 0 saturated carbocycles. The van der Waals surface area contributed by atoms with Gasteiger partial charge in [-0.25, -0.2) is 13.1 Å². The van der Waals surface area contributed by atoms with Gasteiger partial charge in [0.1, 0.15) is 0 Å². The standard InChI is InChI=1S/C25H27N3O4S/c1-18-12-14-22(15-13-18)26-24(29)17-28(3)25(30)21-10-7-11-23(16-21)33(31,32)27-19(2)20-8-5-4-6-9-20/h4-16,19,27H,17H2,1-3H3,(H,26,29)/t19-/m0/s1. The molecular formula is C25H27N3O4S. The monoisotopic (exact) mass is 465 g/mol. The van der Waals surface area contributed by atoms with Gasteiger partial charge in [0.15, 0.2) is 0 Å². The zero-order chi connectivity index (χ0) is 24.0. The van der Waals surface area contributed by atoms with E-state index in [1.807, 2.05) is 49.4 Å². The number of nitrogens with zero attached hydrogens (tertiary/aromatic N) is 1. The third-order valence-electron chi connectivity index (χ3n) is 5.09. The summed E-state index contributed by atoms with van der Waals surface area (Å²) in [5.74, 6) is -0.806. The lowest BCUT2D eigenvalue weighted by molar-refractivity contribution is -0.116. The number of hydrogen-bond acceptors (Lipinski definition) is 4. The van der Waals surface area contributed by atoms with Gasteiger partial charge in [-0.3, -0.25) is 9.59 Å². The maximum atomic E-state index is 12.9. The summed E-state index contributed by atoms with van der Waals surface area (Å²) in [6.45, 7) is 3.53. The highest BCUT2D eigenvalue weighted by atomic mass is 32.2. The van der Waals surface area contributed by atoms with Crippen molar-refractivity contribution in [1.82, 2.24) is 9.62 Å². The van der Waals surface area contributed by atoms with Crippen LogP contribution in [0.5, 0.6) is 0 Å². The summed E-state index contributed by atoms with van der Waals surface area (Å²) >= 11 is 0. The third-order valence-corrected chi connectivity index (χ3v) is 6.62. The summed E-state index contributed by atoms with van der Waals surface area (Å²) in [5, 5.41) is 2.74. The Bertz CT molecular complexity index is 1230. The smallest absolute Gasteiger partial charge is 0.254 e. The van der Waals surface area contributed by atoms with E-state index in [0.717, 1.165) is 11.1 Å². The Morgan fingerprint density at radius 2 is 1.61 bits per heavy atom. The number of rotatable bonds is 8. The van der Waals surface area contributed by atoms with Crippen molar-refractivity contribution in [3.05, 3.63) is 95.6 Å². The molecule has 2 amide bonds.